The zero-order valence-electron chi connectivity index (χ0n) is 14.2. The van der Waals surface area contributed by atoms with Gasteiger partial charge in [0.05, 0.1) is 27.6 Å². The molecule has 0 bridgehead atoms. The van der Waals surface area contributed by atoms with Crippen LogP contribution in [0.5, 0.6) is 0 Å². The lowest BCUT2D eigenvalue weighted by Crippen LogP contribution is -2.42. The van der Waals surface area contributed by atoms with Crippen LogP contribution < -0.4 is 0 Å². The Balaban J connectivity index is 1.69. The number of fused-ring (bicyclic) bond motifs is 1. The minimum Gasteiger partial charge on any atom is -0.444 e. The van der Waals surface area contributed by atoms with E-state index < -0.39 is 16.4 Å². The first-order chi connectivity index (χ1) is 11.3. The van der Waals surface area contributed by atoms with Gasteiger partial charge in [-0.05, 0) is 45.7 Å². The molecule has 0 spiro atoms. The molecule has 2 atom stereocenters. The molecule has 1 aromatic carbocycles. The highest BCUT2D eigenvalue weighted by atomic mass is 32.2. The van der Waals surface area contributed by atoms with Crippen molar-refractivity contribution >= 4 is 27.9 Å². The monoisotopic (exact) mass is 349 g/mol. The molecule has 0 aliphatic carbocycles. The number of rotatable bonds is 3. The van der Waals surface area contributed by atoms with Crippen LogP contribution in [0.1, 0.15) is 33.6 Å². The minimum absolute atomic E-state index is 0.0751. The molecule has 0 unspecified atom stereocenters. The molecule has 1 fully saturated rings. The predicted molar refractivity (Wildman–Crippen MR) is 93.3 cm³/mol. The zero-order chi connectivity index (χ0) is 17.3. The van der Waals surface area contributed by atoms with E-state index in [0.29, 0.717) is 17.5 Å². The molecular formula is C17H23N3O3S. The maximum Gasteiger partial charge on any atom is 0.410 e. The summed E-state index contributed by atoms with van der Waals surface area (Å²) in [4.78, 5) is 21.5. The smallest absolute Gasteiger partial charge is 0.410 e. The minimum atomic E-state index is -1.28. The van der Waals surface area contributed by atoms with Gasteiger partial charge in [-0.2, -0.15) is 0 Å². The largest absolute Gasteiger partial charge is 0.444 e. The number of benzene rings is 1. The Kier molecular flexibility index (Phi) is 4.62. The lowest BCUT2D eigenvalue weighted by Gasteiger charge is -2.28. The van der Waals surface area contributed by atoms with Crippen molar-refractivity contribution < 1.29 is 13.7 Å². The van der Waals surface area contributed by atoms with Gasteiger partial charge in [-0.1, -0.05) is 12.1 Å². The highest BCUT2D eigenvalue weighted by molar-refractivity contribution is 7.84. The first kappa shape index (κ1) is 17.0. The first-order valence-corrected chi connectivity index (χ1v) is 9.48. The van der Waals surface area contributed by atoms with E-state index in [1.807, 2.05) is 45.0 Å². The molecule has 1 N–H and O–H groups in total. The molecule has 6 nitrogen and oxygen atoms in total. The number of imidazole rings is 1. The standard InChI is InChI=1S/C17H23N3O3S/c1-17(2,3)23-16(21)20-10-6-7-12(20)11-24(22)15-18-13-8-4-5-9-14(13)19-15/h4-5,8-9,12H,6-7,10-11H2,1-3H3,(H,18,19)/t12-,24-/m1/s1. The Hall–Kier alpha value is -1.89. The van der Waals surface area contributed by atoms with E-state index in [1.165, 1.54) is 0 Å². The van der Waals surface area contributed by atoms with Gasteiger partial charge in [-0.3, -0.25) is 4.21 Å². The van der Waals surface area contributed by atoms with Crippen LogP contribution in [0.3, 0.4) is 0 Å². The van der Waals surface area contributed by atoms with Crippen molar-refractivity contribution in [1.82, 2.24) is 14.9 Å². The first-order valence-electron chi connectivity index (χ1n) is 8.16. The molecule has 1 amide bonds. The van der Waals surface area contributed by atoms with Gasteiger partial charge in [0, 0.05) is 12.6 Å². The fourth-order valence-electron chi connectivity index (χ4n) is 2.86. The number of H-pyrrole nitrogens is 1. The second kappa shape index (κ2) is 6.55. The van der Waals surface area contributed by atoms with Crippen LogP contribution in [0.15, 0.2) is 29.4 Å². The maximum absolute atomic E-state index is 12.7. The normalized spacial score (nSPS) is 19.6. The lowest BCUT2D eigenvalue weighted by molar-refractivity contribution is 0.0241. The van der Waals surface area contributed by atoms with Gasteiger partial charge >= 0.3 is 6.09 Å². The van der Waals surface area contributed by atoms with Crippen LogP contribution in [-0.2, 0) is 15.5 Å². The van der Waals surface area contributed by atoms with Gasteiger partial charge in [0.1, 0.15) is 5.60 Å². The van der Waals surface area contributed by atoms with Crippen LogP contribution in [-0.4, -0.2) is 49.1 Å². The quantitative estimate of drug-likeness (QED) is 0.924. The Morgan fingerprint density at radius 3 is 2.88 bits per heavy atom. The number of para-hydroxylation sites is 2. The van der Waals surface area contributed by atoms with Crippen molar-refractivity contribution in [3.05, 3.63) is 24.3 Å². The number of nitrogens with zero attached hydrogens (tertiary/aromatic N) is 2. The number of carbonyl (C=O) groups is 1. The van der Waals surface area contributed by atoms with E-state index >= 15 is 0 Å². The van der Waals surface area contributed by atoms with Crippen LogP contribution in [0.2, 0.25) is 0 Å². The SMILES string of the molecule is CC(C)(C)OC(=O)N1CCC[C@@H]1C[S@@](=O)c1nc2ccccc2[nH]1. The molecule has 3 rings (SSSR count). The molecule has 1 saturated heterocycles. The average molecular weight is 349 g/mol. The van der Waals surface area contributed by atoms with Gasteiger partial charge in [0.2, 0.25) is 0 Å². The molecule has 2 heterocycles. The molecule has 1 aliphatic rings. The molecule has 1 aromatic heterocycles. The summed E-state index contributed by atoms with van der Waals surface area (Å²) in [6.07, 6.45) is 1.42. The van der Waals surface area contributed by atoms with Gasteiger partial charge in [-0.25, -0.2) is 9.78 Å². The summed E-state index contributed by atoms with van der Waals surface area (Å²) < 4.78 is 18.1. The van der Waals surface area contributed by atoms with E-state index in [1.54, 1.807) is 4.90 Å². The number of likely N-dealkylation sites (tertiary alicyclic amines) is 1. The van der Waals surface area contributed by atoms with Crippen molar-refractivity contribution in [2.45, 2.75) is 50.4 Å². The van der Waals surface area contributed by atoms with Gasteiger partial charge in [0.15, 0.2) is 5.16 Å². The van der Waals surface area contributed by atoms with E-state index in [2.05, 4.69) is 9.97 Å². The summed E-state index contributed by atoms with van der Waals surface area (Å²) in [7, 11) is -1.28. The van der Waals surface area contributed by atoms with E-state index in [-0.39, 0.29) is 12.1 Å². The molecule has 130 valence electrons. The number of aromatic nitrogens is 2. The second-order valence-corrected chi connectivity index (χ2v) is 8.45. The highest BCUT2D eigenvalue weighted by Crippen LogP contribution is 2.23. The number of aromatic amines is 1. The van der Waals surface area contributed by atoms with Crippen molar-refractivity contribution in [3.63, 3.8) is 0 Å². The number of hydrogen-bond acceptors (Lipinski definition) is 4. The topological polar surface area (TPSA) is 75.3 Å². The van der Waals surface area contributed by atoms with E-state index in [0.717, 1.165) is 23.9 Å². The molecule has 7 heteroatoms. The fourth-order valence-corrected chi connectivity index (χ4v) is 4.14. The number of amides is 1. The van der Waals surface area contributed by atoms with Crippen LogP contribution in [0.25, 0.3) is 11.0 Å². The summed E-state index contributed by atoms with van der Waals surface area (Å²) in [5.41, 5.74) is 1.15. The van der Waals surface area contributed by atoms with Gasteiger partial charge < -0.3 is 14.6 Å². The third kappa shape index (κ3) is 3.77. The second-order valence-electron chi connectivity index (χ2n) is 7.04. The number of nitrogens with one attached hydrogen (secondary N) is 1. The van der Waals surface area contributed by atoms with Crippen molar-refractivity contribution in [3.8, 4) is 0 Å². The molecule has 0 saturated carbocycles. The third-order valence-electron chi connectivity index (χ3n) is 3.93. The maximum atomic E-state index is 12.7. The Bertz CT molecular complexity index is 733. The Morgan fingerprint density at radius 2 is 2.17 bits per heavy atom. The predicted octanol–water partition coefficient (Wildman–Crippen LogP) is 3.07. The summed E-state index contributed by atoms with van der Waals surface area (Å²) in [5, 5.41) is 0.465. The molecule has 24 heavy (non-hydrogen) atoms. The van der Waals surface area contributed by atoms with E-state index in [9.17, 15) is 9.00 Å². The summed E-state index contributed by atoms with van der Waals surface area (Å²) in [6, 6.07) is 7.53. The van der Waals surface area contributed by atoms with E-state index in [4.69, 9.17) is 4.74 Å². The van der Waals surface area contributed by atoms with Crippen molar-refractivity contribution in [1.29, 1.82) is 0 Å². The molecule has 2 aromatic rings. The number of carbonyl (C=O) groups excluding carboxylic acids is 1. The van der Waals surface area contributed by atoms with Crippen molar-refractivity contribution in [2.75, 3.05) is 12.3 Å². The lowest BCUT2D eigenvalue weighted by atomic mass is 10.2. The molecule has 0 radical (unpaired) electrons. The highest BCUT2D eigenvalue weighted by Gasteiger charge is 2.33. The fraction of sp³-hybridized carbons (Fsp3) is 0.529. The zero-order valence-corrected chi connectivity index (χ0v) is 15.1. The average Bonchev–Trinajstić information content (AvgIpc) is 3.11. The Morgan fingerprint density at radius 1 is 1.42 bits per heavy atom. The third-order valence-corrected chi connectivity index (χ3v) is 5.24. The molecular weight excluding hydrogens is 326 g/mol. The number of ether oxygens (including phenoxy) is 1. The van der Waals surface area contributed by atoms with Gasteiger partial charge in [0.25, 0.3) is 0 Å². The van der Waals surface area contributed by atoms with Crippen LogP contribution in [0.4, 0.5) is 4.79 Å². The van der Waals surface area contributed by atoms with Gasteiger partial charge in [-0.15, -0.1) is 0 Å². The molecule has 1 aliphatic heterocycles. The number of hydrogen-bond donors (Lipinski definition) is 1. The summed E-state index contributed by atoms with van der Waals surface area (Å²) in [5.74, 6) is 0.374. The van der Waals surface area contributed by atoms with Crippen LogP contribution in [0, 0.1) is 0 Å². The summed E-state index contributed by atoms with van der Waals surface area (Å²) >= 11 is 0. The van der Waals surface area contributed by atoms with Crippen LogP contribution >= 0.6 is 0 Å². The Labute approximate surface area is 144 Å². The van der Waals surface area contributed by atoms with Crippen molar-refractivity contribution in [2.24, 2.45) is 0 Å². The summed E-state index contributed by atoms with van der Waals surface area (Å²) in [6.45, 7) is 6.20.